The summed E-state index contributed by atoms with van der Waals surface area (Å²) in [7, 11) is 0. The number of para-hydroxylation sites is 1. The van der Waals surface area contributed by atoms with E-state index >= 15 is 0 Å². The Balaban J connectivity index is 1.20. The van der Waals surface area contributed by atoms with E-state index in [0.29, 0.717) is 31.9 Å². The molecule has 1 N–H and O–H groups in total. The molecule has 1 heterocycles. The highest BCUT2D eigenvalue weighted by atomic mass is 19.1. The summed E-state index contributed by atoms with van der Waals surface area (Å²) in [5.74, 6) is 2.02. The molecule has 0 spiro atoms. The maximum atomic E-state index is 14.1. The van der Waals surface area contributed by atoms with Gasteiger partial charge in [-0.15, -0.1) is 0 Å². The quantitative estimate of drug-likeness (QED) is 0.558. The molecule has 1 unspecified atom stereocenters. The number of carbonyl (C=O) groups excluding carboxylic acids is 1. The third-order valence-corrected chi connectivity index (χ3v) is 8.54. The lowest BCUT2D eigenvalue weighted by Crippen LogP contribution is -2.56. The van der Waals surface area contributed by atoms with Crippen LogP contribution in [0.4, 0.5) is 10.1 Å². The number of nitrogens with zero attached hydrogens (tertiary/aromatic N) is 3. The fraction of sp³-hybridized carbons (Fsp3) is 0.615. The fourth-order valence-corrected chi connectivity index (χ4v) is 7.26. The minimum Gasteiger partial charge on any atom is -0.373 e. The molecule has 6 heteroatoms. The first-order valence-electron chi connectivity index (χ1n) is 12.1. The Kier molecular flexibility index (Phi) is 5.61. The minimum absolute atomic E-state index is 0.0954. The lowest BCUT2D eigenvalue weighted by molar-refractivity contribution is -0.122. The second-order valence-electron chi connectivity index (χ2n) is 10.6. The Morgan fingerprint density at radius 3 is 2.28 bits per heavy atom. The Hall–Kier alpha value is -2.55. The third-order valence-electron chi connectivity index (χ3n) is 8.54. The molecule has 32 heavy (non-hydrogen) atoms. The molecule has 0 aromatic heterocycles. The minimum atomic E-state index is -0.257. The topological polar surface area (TPSA) is 59.4 Å². The largest absolute Gasteiger partial charge is 0.373 e. The summed E-state index contributed by atoms with van der Waals surface area (Å²) in [5.41, 5.74) is 0.996. The zero-order chi connectivity index (χ0) is 22.3. The van der Waals surface area contributed by atoms with E-state index in [-0.39, 0.29) is 28.8 Å². The number of hydrogen-bond acceptors (Lipinski definition) is 4. The van der Waals surface area contributed by atoms with Gasteiger partial charge in [-0.25, -0.2) is 4.39 Å². The Morgan fingerprint density at radius 2 is 1.72 bits per heavy atom. The Bertz CT molecular complexity index is 908. The number of carbonyl (C=O) groups is 1. The summed E-state index contributed by atoms with van der Waals surface area (Å²) in [6.45, 7) is 4.75. The first kappa shape index (κ1) is 21.3. The highest BCUT2D eigenvalue weighted by Crippen LogP contribution is 2.61. The van der Waals surface area contributed by atoms with Crippen LogP contribution in [0.15, 0.2) is 36.0 Å². The molecular weight excluding hydrogens is 403 g/mol. The van der Waals surface area contributed by atoms with Gasteiger partial charge in [-0.2, -0.15) is 5.26 Å². The number of nitriles is 1. The Labute approximate surface area is 190 Å². The van der Waals surface area contributed by atoms with E-state index in [0.717, 1.165) is 17.8 Å². The standard InChI is InChI=1S/C26H33FN4O/c1-18(26-13-19-10-20(14-26)12-21(11-19)15-26)29-25(32)22(16-28)17-30-6-8-31(9-7-30)24-5-3-2-4-23(24)27/h2-5,17-21H,6-15H2,1H3,(H,29,32)/b22-17-. The van der Waals surface area contributed by atoms with Crippen LogP contribution in [0, 0.1) is 40.3 Å². The van der Waals surface area contributed by atoms with E-state index in [1.165, 1.54) is 44.6 Å². The van der Waals surface area contributed by atoms with E-state index in [9.17, 15) is 14.4 Å². The van der Waals surface area contributed by atoms with Gasteiger partial charge in [-0.05, 0) is 80.8 Å². The van der Waals surface area contributed by atoms with Crippen molar-refractivity contribution in [3.8, 4) is 6.07 Å². The van der Waals surface area contributed by atoms with Gasteiger partial charge in [-0.3, -0.25) is 4.79 Å². The molecular formula is C26H33FN4O. The van der Waals surface area contributed by atoms with Gasteiger partial charge in [0.2, 0.25) is 0 Å². The number of rotatable bonds is 5. The monoisotopic (exact) mass is 436 g/mol. The summed E-state index contributed by atoms with van der Waals surface area (Å²) in [4.78, 5) is 17.0. The predicted octanol–water partition coefficient (Wildman–Crippen LogP) is 4.08. The van der Waals surface area contributed by atoms with E-state index < -0.39 is 0 Å². The summed E-state index contributed by atoms with van der Waals surface area (Å²) < 4.78 is 14.1. The summed E-state index contributed by atoms with van der Waals surface area (Å²) in [5, 5.41) is 12.9. The zero-order valence-electron chi connectivity index (χ0n) is 18.9. The van der Waals surface area contributed by atoms with Crippen molar-refractivity contribution in [3.63, 3.8) is 0 Å². The van der Waals surface area contributed by atoms with Gasteiger partial charge in [0.15, 0.2) is 0 Å². The van der Waals surface area contributed by atoms with Gasteiger partial charge in [0.05, 0.1) is 5.69 Å². The van der Waals surface area contributed by atoms with Gasteiger partial charge in [0.1, 0.15) is 17.5 Å². The molecule has 4 bridgehead atoms. The van der Waals surface area contributed by atoms with Crippen molar-refractivity contribution >= 4 is 11.6 Å². The van der Waals surface area contributed by atoms with Crippen molar-refractivity contribution in [2.75, 3.05) is 31.1 Å². The van der Waals surface area contributed by atoms with E-state index in [2.05, 4.69) is 18.3 Å². The molecule has 4 aliphatic carbocycles. The smallest absolute Gasteiger partial charge is 0.263 e. The van der Waals surface area contributed by atoms with Gasteiger partial charge in [0, 0.05) is 38.4 Å². The van der Waals surface area contributed by atoms with Crippen molar-refractivity contribution in [3.05, 3.63) is 41.9 Å². The number of piperazine rings is 1. The van der Waals surface area contributed by atoms with Crippen molar-refractivity contribution in [2.24, 2.45) is 23.2 Å². The average Bonchev–Trinajstić information content (AvgIpc) is 2.77. The van der Waals surface area contributed by atoms with E-state index in [1.54, 1.807) is 18.3 Å². The van der Waals surface area contributed by atoms with Crippen LogP contribution in [0.3, 0.4) is 0 Å². The molecule has 4 saturated carbocycles. The molecule has 1 aromatic rings. The van der Waals surface area contributed by atoms with Gasteiger partial charge < -0.3 is 15.1 Å². The van der Waals surface area contributed by atoms with E-state index in [1.807, 2.05) is 15.9 Å². The average molecular weight is 437 g/mol. The second kappa shape index (κ2) is 8.42. The molecule has 5 fully saturated rings. The van der Waals surface area contributed by atoms with Crippen LogP contribution in [-0.2, 0) is 4.79 Å². The molecule has 5 nitrogen and oxygen atoms in total. The second-order valence-corrected chi connectivity index (χ2v) is 10.6. The van der Waals surface area contributed by atoms with Crippen molar-refractivity contribution in [1.82, 2.24) is 10.2 Å². The lowest BCUT2D eigenvalue weighted by atomic mass is 9.48. The van der Waals surface area contributed by atoms with Crippen LogP contribution in [-0.4, -0.2) is 43.0 Å². The van der Waals surface area contributed by atoms with Crippen molar-refractivity contribution < 1.29 is 9.18 Å². The summed E-state index contributed by atoms with van der Waals surface area (Å²) >= 11 is 0. The molecule has 0 radical (unpaired) electrons. The van der Waals surface area contributed by atoms with Gasteiger partial charge >= 0.3 is 0 Å². The van der Waals surface area contributed by atoms with Crippen LogP contribution in [0.1, 0.15) is 45.4 Å². The summed E-state index contributed by atoms with van der Waals surface area (Å²) in [6.07, 6.45) is 9.50. The van der Waals surface area contributed by atoms with Crippen LogP contribution in [0.2, 0.25) is 0 Å². The molecule has 1 saturated heterocycles. The highest BCUT2D eigenvalue weighted by molar-refractivity contribution is 5.97. The van der Waals surface area contributed by atoms with Crippen LogP contribution < -0.4 is 10.2 Å². The molecule has 1 atom stereocenters. The number of nitrogens with one attached hydrogen (secondary N) is 1. The van der Waals surface area contributed by atoms with E-state index in [4.69, 9.17) is 0 Å². The number of benzene rings is 1. The number of amides is 1. The molecule has 170 valence electrons. The van der Waals surface area contributed by atoms with Gasteiger partial charge in [0.25, 0.3) is 5.91 Å². The molecule has 1 aliphatic heterocycles. The van der Waals surface area contributed by atoms with Crippen LogP contribution in [0.5, 0.6) is 0 Å². The normalized spacial score (nSPS) is 32.5. The number of halogens is 1. The Morgan fingerprint density at radius 1 is 1.12 bits per heavy atom. The molecule has 6 rings (SSSR count). The fourth-order valence-electron chi connectivity index (χ4n) is 7.26. The summed E-state index contributed by atoms with van der Waals surface area (Å²) in [6, 6.07) is 9.01. The van der Waals surface area contributed by atoms with Gasteiger partial charge in [-0.1, -0.05) is 12.1 Å². The highest BCUT2D eigenvalue weighted by Gasteiger charge is 2.53. The third kappa shape index (κ3) is 3.98. The molecule has 5 aliphatic rings. The van der Waals surface area contributed by atoms with Crippen molar-refractivity contribution in [1.29, 1.82) is 5.26 Å². The number of hydrogen-bond donors (Lipinski definition) is 1. The number of anilines is 1. The lowest BCUT2D eigenvalue weighted by Gasteiger charge is -2.59. The SMILES string of the molecule is CC(NC(=O)/C(C#N)=C\N1CCN(c2ccccc2F)CC1)C12CC3CC(CC(C3)C1)C2. The first-order chi connectivity index (χ1) is 15.5. The van der Waals surface area contributed by atoms with Crippen LogP contribution >= 0.6 is 0 Å². The van der Waals surface area contributed by atoms with Crippen molar-refractivity contribution in [2.45, 2.75) is 51.5 Å². The first-order valence-corrected chi connectivity index (χ1v) is 12.1. The van der Waals surface area contributed by atoms with Crippen LogP contribution in [0.25, 0.3) is 0 Å². The zero-order valence-corrected chi connectivity index (χ0v) is 18.9. The predicted molar refractivity (Wildman–Crippen MR) is 122 cm³/mol. The molecule has 1 aromatic carbocycles. The molecule has 1 amide bonds. The maximum Gasteiger partial charge on any atom is 0.263 e. The maximum absolute atomic E-state index is 14.1.